The fourth-order valence-corrected chi connectivity index (χ4v) is 2.29. The van der Waals surface area contributed by atoms with Gasteiger partial charge in [-0.1, -0.05) is 12.1 Å². The Morgan fingerprint density at radius 2 is 2.29 bits per heavy atom. The van der Waals surface area contributed by atoms with Gasteiger partial charge in [0.05, 0.1) is 0 Å². The quantitative estimate of drug-likeness (QED) is 0.865. The van der Waals surface area contributed by atoms with E-state index in [0.29, 0.717) is 11.8 Å². The van der Waals surface area contributed by atoms with Crippen molar-refractivity contribution >= 4 is 12.4 Å². The molecule has 0 saturated carbocycles. The van der Waals surface area contributed by atoms with Crippen LogP contribution >= 0.6 is 12.4 Å². The van der Waals surface area contributed by atoms with E-state index >= 15 is 0 Å². The van der Waals surface area contributed by atoms with Crippen molar-refractivity contribution in [2.24, 2.45) is 0 Å². The van der Waals surface area contributed by atoms with Crippen LogP contribution in [-0.2, 0) is 6.54 Å². The average Bonchev–Trinajstić information content (AvgIpc) is 2.65. The highest BCUT2D eigenvalue weighted by Crippen LogP contribution is 2.14. The van der Waals surface area contributed by atoms with Crippen molar-refractivity contribution in [1.29, 1.82) is 0 Å². The lowest BCUT2D eigenvalue weighted by atomic mass is 10.2. The van der Waals surface area contributed by atoms with Gasteiger partial charge < -0.3 is 15.3 Å². The highest BCUT2D eigenvalue weighted by molar-refractivity contribution is 5.85. The Balaban J connectivity index is 0.00000144. The Hall–Kier alpha value is -0.770. The summed E-state index contributed by atoms with van der Waals surface area (Å²) in [5, 5.41) is 12.8. The normalized spacial score (nSPS) is 20.2. The fourth-order valence-electron chi connectivity index (χ4n) is 2.29. The van der Waals surface area contributed by atoms with Gasteiger partial charge in [0.25, 0.3) is 0 Å². The Kier molecular flexibility index (Phi) is 5.75. The lowest BCUT2D eigenvalue weighted by Crippen LogP contribution is -2.35. The summed E-state index contributed by atoms with van der Waals surface area (Å²) < 4.78 is 0. The molecule has 3 nitrogen and oxygen atoms in total. The summed E-state index contributed by atoms with van der Waals surface area (Å²) in [5.41, 5.74) is 1.14. The number of phenols is 1. The van der Waals surface area contributed by atoms with Crippen molar-refractivity contribution in [3.8, 4) is 5.75 Å². The molecule has 2 rings (SSSR count). The fraction of sp³-hybridized carbons (Fsp3) is 0.538. The van der Waals surface area contributed by atoms with Crippen LogP contribution in [0.3, 0.4) is 0 Å². The van der Waals surface area contributed by atoms with Crippen LogP contribution in [0.15, 0.2) is 24.3 Å². The first-order chi connectivity index (χ1) is 7.75. The summed E-state index contributed by atoms with van der Waals surface area (Å²) >= 11 is 0. The van der Waals surface area contributed by atoms with E-state index in [-0.39, 0.29) is 12.4 Å². The van der Waals surface area contributed by atoms with Gasteiger partial charge in [0.1, 0.15) is 5.75 Å². The van der Waals surface area contributed by atoms with Crippen LogP contribution < -0.4 is 5.32 Å². The molecule has 0 aliphatic carbocycles. The second kappa shape index (κ2) is 6.84. The Bertz CT molecular complexity index is 346. The van der Waals surface area contributed by atoms with Crippen molar-refractivity contribution < 1.29 is 5.11 Å². The molecule has 1 unspecified atom stereocenters. The second-order valence-corrected chi connectivity index (χ2v) is 4.58. The molecule has 1 aliphatic heterocycles. The zero-order valence-electron chi connectivity index (χ0n) is 10.2. The van der Waals surface area contributed by atoms with Gasteiger partial charge in [-0.25, -0.2) is 0 Å². The first-order valence-corrected chi connectivity index (χ1v) is 5.94. The van der Waals surface area contributed by atoms with Gasteiger partial charge in [-0.05, 0) is 44.1 Å². The van der Waals surface area contributed by atoms with Gasteiger partial charge in [0.2, 0.25) is 0 Å². The predicted molar refractivity (Wildman–Crippen MR) is 72.7 cm³/mol. The summed E-state index contributed by atoms with van der Waals surface area (Å²) in [7, 11) is 2.19. The Labute approximate surface area is 109 Å². The van der Waals surface area contributed by atoms with E-state index in [4.69, 9.17) is 0 Å². The van der Waals surface area contributed by atoms with Crippen molar-refractivity contribution in [1.82, 2.24) is 10.2 Å². The van der Waals surface area contributed by atoms with Crippen molar-refractivity contribution in [3.63, 3.8) is 0 Å². The minimum absolute atomic E-state index is 0. The van der Waals surface area contributed by atoms with Gasteiger partial charge in [0, 0.05) is 19.1 Å². The Morgan fingerprint density at radius 3 is 2.94 bits per heavy atom. The molecule has 0 amide bonds. The number of rotatable bonds is 4. The van der Waals surface area contributed by atoms with Gasteiger partial charge in [-0.3, -0.25) is 0 Å². The van der Waals surface area contributed by atoms with E-state index < -0.39 is 0 Å². The number of likely N-dealkylation sites (N-methyl/N-ethyl adjacent to an activating group) is 1. The molecular formula is C13H21ClN2O. The van der Waals surface area contributed by atoms with Crippen LogP contribution in [0.1, 0.15) is 18.4 Å². The second-order valence-electron chi connectivity index (χ2n) is 4.58. The first kappa shape index (κ1) is 14.3. The van der Waals surface area contributed by atoms with E-state index in [2.05, 4.69) is 17.3 Å². The number of nitrogens with zero attached hydrogens (tertiary/aromatic N) is 1. The molecule has 0 spiro atoms. The lowest BCUT2D eigenvalue weighted by Gasteiger charge is -2.19. The topological polar surface area (TPSA) is 35.5 Å². The summed E-state index contributed by atoms with van der Waals surface area (Å²) in [6, 6.07) is 8.11. The zero-order chi connectivity index (χ0) is 11.4. The van der Waals surface area contributed by atoms with E-state index in [9.17, 15) is 5.11 Å². The van der Waals surface area contributed by atoms with Crippen LogP contribution in [0, 0.1) is 0 Å². The number of hydrogen-bond acceptors (Lipinski definition) is 3. The standard InChI is InChI=1S/C13H20N2O.ClH/c1-15-7-3-5-12(15)10-14-9-11-4-2-6-13(16)8-11;/h2,4,6,8,12,14,16H,3,5,7,9-10H2,1H3;1H. The molecule has 1 saturated heterocycles. The van der Waals surface area contributed by atoms with Gasteiger partial charge in [0.15, 0.2) is 0 Å². The maximum atomic E-state index is 9.33. The molecule has 1 aromatic rings. The Morgan fingerprint density at radius 1 is 1.47 bits per heavy atom. The maximum Gasteiger partial charge on any atom is 0.115 e. The van der Waals surface area contributed by atoms with Crippen molar-refractivity contribution in [2.75, 3.05) is 20.1 Å². The SMILES string of the molecule is CN1CCCC1CNCc1cccc(O)c1.Cl. The van der Waals surface area contributed by atoms with Crippen LogP contribution in [-0.4, -0.2) is 36.2 Å². The number of nitrogens with one attached hydrogen (secondary N) is 1. The predicted octanol–water partition coefficient (Wildman–Crippen LogP) is 2.00. The van der Waals surface area contributed by atoms with Crippen molar-refractivity contribution in [3.05, 3.63) is 29.8 Å². The highest BCUT2D eigenvalue weighted by Gasteiger charge is 2.19. The number of likely N-dealkylation sites (tertiary alicyclic amines) is 1. The monoisotopic (exact) mass is 256 g/mol. The van der Waals surface area contributed by atoms with Crippen LogP contribution in [0.25, 0.3) is 0 Å². The third-order valence-electron chi connectivity index (χ3n) is 3.29. The number of phenolic OH excluding ortho intramolecular Hbond substituents is 1. The van der Waals surface area contributed by atoms with Gasteiger partial charge in [-0.15, -0.1) is 12.4 Å². The molecule has 2 N–H and O–H groups in total. The smallest absolute Gasteiger partial charge is 0.115 e. The van der Waals surface area contributed by atoms with E-state index in [0.717, 1.165) is 18.7 Å². The minimum atomic E-state index is 0. The molecule has 17 heavy (non-hydrogen) atoms. The number of hydrogen-bond donors (Lipinski definition) is 2. The zero-order valence-corrected chi connectivity index (χ0v) is 11.0. The molecule has 0 aromatic heterocycles. The first-order valence-electron chi connectivity index (χ1n) is 5.94. The number of benzene rings is 1. The molecule has 4 heteroatoms. The van der Waals surface area contributed by atoms with Crippen LogP contribution in [0.2, 0.25) is 0 Å². The van der Waals surface area contributed by atoms with Gasteiger partial charge in [-0.2, -0.15) is 0 Å². The molecule has 0 bridgehead atoms. The van der Waals surface area contributed by atoms with Crippen LogP contribution in [0.4, 0.5) is 0 Å². The van der Waals surface area contributed by atoms with Crippen LogP contribution in [0.5, 0.6) is 5.75 Å². The molecule has 1 atom stereocenters. The lowest BCUT2D eigenvalue weighted by molar-refractivity contribution is 0.300. The van der Waals surface area contributed by atoms with E-state index in [1.54, 1.807) is 6.07 Å². The molecule has 96 valence electrons. The molecule has 1 aromatic carbocycles. The van der Waals surface area contributed by atoms with E-state index in [1.807, 2.05) is 18.2 Å². The van der Waals surface area contributed by atoms with Gasteiger partial charge >= 0.3 is 0 Å². The highest BCUT2D eigenvalue weighted by atomic mass is 35.5. The molecule has 0 radical (unpaired) electrons. The van der Waals surface area contributed by atoms with Crippen molar-refractivity contribution in [2.45, 2.75) is 25.4 Å². The third kappa shape index (κ3) is 4.19. The summed E-state index contributed by atoms with van der Waals surface area (Å²) in [4.78, 5) is 2.41. The number of aromatic hydroxyl groups is 1. The summed E-state index contributed by atoms with van der Waals surface area (Å²) in [6.45, 7) is 3.09. The maximum absolute atomic E-state index is 9.33. The summed E-state index contributed by atoms with van der Waals surface area (Å²) in [5.74, 6) is 0.345. The molecule has 1 fully saturated rings. The largest absolute Gasteiger partial charge is 0.508 e. The number of halogens is 1. The van der Waals surface area contributed by atoms with E-state index in [1.165, 1.54) is 19.4 Å². The molecular weight excluding hydrogens is 236 g/mol. The summed E-state index contributed by atoms with van der Waals surface area (Å²) in [6.07, 6.45) is 2.61. The third-order valence-corrected chi connectivity index (χ3v) is 3.29. The average molecular weight is 257 g/mol. The molecule has 1 heterocycles. The minimum Gasteiger partial charge on any atom is -0.508 e. The molecule has 1 aliphatic rings.